The normalized spacial score (nSPS) is 17.2. The van der Waals surface area contributed by atoms with E-state index < -0.39 is 36.9 Å². The molecule has 7 nitrogen and oxygen atoms in total. The van der Waals surface area contributed by atoms with Crippen LogP contribution in [0.5, 0.6) is 0 Å². The van der Waals surface area contributed by atoms with Crippen molar-refractivity contribution in [3.8, 4) is 0 Å². The Labute approximate surface area is 115 Å². The second-order valence-electron chi connectivity index (χ2n) is 4.52. The predicted molar refractivity (Wildman–Crippen MR) is 69.8 cm³/mol. The number of amides is 1. The van der Waals surface area contributed by atoms with Gasteiger partial charge in [0.2, 0.25) is 5.91 Å². The highest BCUT2D eigenvalue weighted by molar-refractivity contribution is 5.94. The standard InChI is InChI=1S/C13H19NO6/c14-13(20)8-4-2-1-3-7(8)5-9(16)11(18)12(19)10(17)6-15/h1-4,9-12,15-19H,5-6H2,(H2,14,20). The van der Waals surface area contributed by atoms with Gasteiger partial charge in [0.1, 0.15) is 18.3 Å². The van der Waals surface area contributed by atoms with Gasteiger partial charge in [-0.15, -0.1) is 0 Å². The van der Waals surface area contributed by atoms with Crippen LogP contribution in [-0.4, -0.2) is 62.5 Å². The second-order valence-corrected chi connectivity index (χ2v) is 4.52. The number of carbonyl (C=O) groups excluding carboxylic acids is 1. The molecule has 0 saturated carbocycles. The maximum absolute atomic E-state index is 11.2. The summed E-state index contributed by atoms with van der Waals surface area (Å²) < 4.78 is 0. The molecule has 7 heteroatoms. The largest absolute Gasteiger partial charge is 0.394 e. The van der Waals surface area contributed by atoms with Crippen molar-refractivity contribution in [2.75, 3.05) is 6.61 Å². The molecule has 0 bridgehead atoms. The van der Waals surface area contributed by atoms with Crippen LogP contribution in [0.15, 0.2) is 24.3 Å². The Hall–Kier alpha value is -1.51. The highest BCUT2D eigenvalue weighted by atomic mass is 16.4. The van der Waals surface area contributed by atoms with Gasteiger partial charge in [-0.3, -0.25) is 4.79 Å². The second kappa shape index (κ2) is 7.32. The van der Waals surface area contributed by atoms with Gasteiger partial charge in [0, 0.05) is 12.0 Å². The van der Waals surface area contributed by atoms with Gasteiger partial charge in [-0.25, -0.2) is 0 Å². The van der Waals surface area contributed by atoms with Gasteiger partial charge in [-0.1, -0.05) is 18.2 Å². The minimum Gasteiger partial charge on any atom is -0.394 e. The van der Waals surface area contributed by atoms with Crippen LogP contribution in [0.1, 0.15) is 15.9 Å². The average Bonchev–Trinajstić information content (AvgIpc) is 2.45. The third-order valence-electron chi connectivity index (χ3n) is 3.04. The summed E-state index contributed by atoms with van der Waals surface area (Å²) in [6.45, 7) is -0.747. The fraction of sp³-hybridized carbons (Fsp3) is 0.462. The lowest BCUT2D eigenvalue weighted by Crippen LogP contribution is -2.46. The molecule has 0 aliphatic rings. The summed E-state index contributed by atoms with van der Waals surface area (Å²) in [4.78, 5) is 11.2. The summed E-state index contributed by atoms with van der Waals surface area (Å²) >= 11 is 0. The quantitative estimate of drug-likeness (QED) is 0.334. The van der Waals surface area contributed by atoms with Crippen LogP contribution in [-0.2, 0) is 6.42 Å². The lowest BCUT2D eigenvalue weighted by molar-refractivity contribution is -0.114. The molecule has 20 heavy (non-hydrogen) atoms. The van der Waals surface area contributed by atoms with E-state index in [9.17, 15) is 25.2 Å². The number of benzene rings is 1. The zero-order valence-corrected chi connectivity index (χ0v) is 10.8. The zero-order valence-electron chi connectivity index (χ0n) is 10.8. The lowest BCUT2D eigenvalue weighted by Gasteiger charge is -2.26. The molecule has 0 fully saturated rings. The summed E-state index contributed by atoms with van der Waals surface area (Å²) in [5.74, 6) is -0.668. The average molecular weight is 285 g/mol. The minimum absolute atomic E-state index is 0.129. The van der Waals surface area contributed by atoms with Crippen molar-refractivity contribution in [3.63, 3.8) is 0 Å². The summed E-state index contributed by atoms with van der Waals surface area (Å²) in [6, 6.07) is 6.29. The van der Waals surface area contributed by atoms with Gasteiger partial charge in [0.25, 0.3) is 0 Å². The first kappa shape index (κ1) is 16.5. The van der Waals surface area contributed by atoms with Crippen LogP contribution < -0.4 is 5.73 Å². The van der Waals surface area contributed by atoms with Gasteiger partial charge < -0.3 is 31.3 Å². The fourth-order valence-corrected chi connectivity index (χ4v) is 1.85. The Balaban J connectivity index is 2.80. The van der Waals surface area contributed by atoms with Crippen LogP contribution in [0.4, 0.5) is 0 Å². The molecule has 0 aliphatic heterocycles. The molecular formula is C13H19NO6. The molecular weight excluding hydrogens is 266 g/mol. The Morgan fingerprint density at radius 3 is 2.15 bits per heavy atom. The van der Waals surface area contributed by atoms with Crippen molar-refractivity contribution >= 4 is 5.91 Å². The van der Waals surface area contributed by atoms with Gasteiger partial charge in [-0.05, 0) is 11.6 Å². The number of hydrogen-bond acceptors (Lipinski definition) is 6. The Bertz CT molecular complexity index is 452. The molecule has 4 atom stereocenters. The monoisotopic (exact) mass is 285 g/mol. The Kier molecular flexibility index (Phi) is 6.05. The molecule has 1 rings (SSSR count). The highest BCUT2D eigenvalue weighted by Gasteiger charge is 2.30. The summed E-state index contributed by atoms with van der Waals surface area (Å²) in [7, 11) is 0. The van der Waals surface area contributed by atoms with E-state index in [0.29, 0.717) is 5.56 Å². The molecule has 112 valence electrons. The van der Waals surface area contributed by atoms with Crippen molar-refractivity contribution in [2.24, 2.45) is 5.73 Å². The Morgan fingerprint density at radius 2 is 1.60 bits per heavy atom. The van der Waals surface area contributed by atoms with E-state index in [1.807, 2.05) is 0 Å². The lowest BCUT2D eigenvalue weighted by atomic mass is 9.95. The summed E-state index contributed by atoms with van der Waals surface area (Å²) in [5, 5.41) is 46.9. The highest BCUT2D eigenvalue weighted by Crippen LogP contribution is 2.14. The number of rotatable bonds is 7. The minimum atomic E-state index is -1.70. The third kappa shape index (κ3) is 3.99. The first-order valence-corrected chi connectivity index (χ1v) is 6.09. The molecule has 1 amide bonds. The molecule has 1 aromatic rings. The maximum Gasteiger partial charge on any atom is 0.248 e. The molecule has 0 heterocycles. The van der Waals surface area contributed by atoms with Crippen molar-refractivity contribution in [1.82, 2.24) is 0 Å². The van der Waals surface area contributed by atoms with Crippen LogP contribution in [0.3, 0.4) is 0 Å². The van der Waals surface area contributed by atoms with Crippen LogP contribution in [0.2, 0.25) is 0 Å². The van der Waals surface area contributed by atoms with Crippen LogP contribution in [0, 0.1) is 0 Å². The molecule has 0 spiro atoms. The van der Waals surface area contributed by atoms with Gasteiger partial charge in [0.05, 0.1) is 12.7 Å². The predicted octanol–water partition coefficient (Wildman–Crippen LogP) is -2.24. The van der Waals surface area contributed by atoms with Gasteiger partial charge in [-0.2, -0.15) is 0 Å². The molecule has 0 aromatic heterocycles. The maximum atomic E-state index is 11.2. The van der Waals surface area contributed by atoms with Crippen molar-refractivity contribution in [3.05, 3.63) is 35.4 Å². The topological polar surface area (TPSA) is 144 Å². The first-order valence-electron chi connectivity index (χ1n) is 6.09. The van der Waals surface area contributed by atoms with Crippen molar-refractivity contribution < 1.29 is 30.3 Å². The molecule has 0 saturated heterocycles. The molecule has 0 aliphatic carbocycles. The number of primary amides is 1. The van der Waals surface area contributed by atoms with E-state index in [4.69, 9.17) is 10.8 Å². The number of aliphatic hydroxyl groups excluding tert-OH is 5. The molecule has 1 aromatic carbocycles. The van der Waals surface area contributed by atoms with Gasteiger partial charge >= 0.3 is 0 Å². The number of carbonyl (C=O) groups is 1. The van der Waals surface area contributed by atoms with Crippen LogP contribution in [0.25, 0.3) is 0 Å². The van der Waals surface area contributed by atoms with E-state index in [0.717, 1.165) is 0 Å². The number of aliphatic hydroxyl groups is 5. The van der Waals surface area contributed by atoms with Crippen molar-refractivity contribution in [2.45, 2.75) is 30.8 Å². The number of nitrogens with two attached hydrogens (primary N) is 1. The van der Waals surface area contributed by atoms with Crippen molar-refractivity contribution in [1.29, 1.82) is 0 Å². The SMILES string of the molecule is NC(=O)c1ccccc1CC(O)C(O)C(O)C(O)CO. The zero-order chi connectivity index (χ0) is 15.3. The molecule has 7 N–H and O–H groups in total. The summed E-state index contributed by atoms with van der Waals surface area (Å²) in [5.41, 5.74) is 5.81. The summed E-state index contributed by atoms with van der Waals surface area (Å²) in [6.07, 6.45) is -6.48. The van der Waals surface area contributed by atoms with E-state index >= 15 is 0 Å². The fourth-order valence-electron chi connectivity index (χ4n) is 1.85. The molecule has 0 radical (unpaired) electrons. The third-order valence-corrected chi connectivity index (χ3v) is 3.04. The number of hydrogen-bond donors (Lipinski definition) is 6. The first-order chi connectivity index (χ1) is 9.38. The van der Waals surface area contributed by atoms with Gasteiger partial charge in [0.15, 0.2) is 0 Å². The smallest absolute Gasteiger partial charge is 0.248 e. The van der Waals surface area contributed by atoms with E-state index in [1.165, 1.54) is 6.07 Å². The Morgan fingerprint density at radius 1 is 1.05 bits per heavy atom. The van der Waals surface area contributed by atoms with E-state index in [1.54, 1.807) is 18.2 Å². The van der Waals surface area contributed by atoms with Crippen LogP contribution >= 0.6 is 0 Å². The van der Waals surface area contributed by atoms with E-state index in [2.05, 4.69) is 0 Å². The van der Waals surface area contributed by atoms with E-state index in [-0.39, 0.29) is 12.0 Å². The molecule has 4 unspecified atom stereocenters.